The molecule has 0 aliphatic rings. The van der Waals surface area contributed by atoms with Gasteiger partial charge in [-0.1, -0.05) is 49.0 Å². The number of nitrogens with zero attached hydrogens (tertiary/aromatic N) is 3. The lowest BCUT2D eigenvalue weighted by atomic mass is 10.1. The largest absolute Gasteiger partial charge is 0.383 e. The number of rotatable bonds is 8. The van der Waals surface area contributed by atoms with Crippen LogP contribution in [0.1, 0.15) is 28.9 Å². The number of carbonyl (C=O) groups excluding carboxylic acids is 1. The number of hydrogen-bond acceptors (Lipinski definition) is 8. The average molecular weight is 493 g/mol. The van der Waals surface area contributed by atoms with E-state index in [9.17, 15) is 18.5 Å². The molecule has 1 atom stereocenters. The predicted molar refractivity (Wildman–Crippen MR) is 129 cm³/mol. The number of sulfonamides is 1. The molecule has 0 aliphatic heterocycles. The Morgan fingerprint density at radius 3 is 2.32 bits per heavy atom. The van der Waals surface area contributed by atoms with Gasteiger partial charge in [-0.15, -0.1) is 0 Å². The molecule has 1 heterocycles. The lowest BCUT2D eigenvalue weighted by Gasteiger charge is -2.18. The van der Waals surface area contributed by atoms with Crippen LogP contribution >= 0.6 is 11.8 Å². The normalized spacial score (nSPS) is 11.7. The smallest absolute Gasteiger partial charge is 0.242 e. The molecule has 0 saturated heterocycles. The van der Waals surface area contributed by atoms with Gasteiger partial charge in [0.1, 0.15) is 28.2 Å². The highest BCUT2D eigenvalue weighted by Gasteiger charge is 2.25. The standard InChI is InChI=1S/C23H20N6O3S2/c1-2-27-34(31,32)19-10-8-18(9-11-19)28-22(30)20(15-6-4-3-5-7-15)33-23-17(14-25)12-16(13-24)21(26)29-23/h3-12,20,27H,2H2,1H3,(H2,26,29)(H,28,30)/t20-/m0/s1. The van der Waals surface area contributed by atoms with Crippen LogP contribution in [-0.4, -0.2) is 25.9 Å². The second-order valence-electron chi connectivity index (χ2n) is 6.92. The molecule has 0 radical (unpaired) electrons. The zero-order valence-electron chi connectivity index (χ0n) is 18.0. The molecule has 172 valence electrons. The van der Waals surface area contributed by atoms with Crippen LogP contribution < -0.4 is 15.8 Å². The maximum Gasteiger partial charge on any atom is 0.242 e. The van der Waals surface area contributed by atoms with E-state index >= 15 is 0 Å². The Morgan fingerprint density at radius 2 is 1.74 bits per heavy atom. The molecule has 3 aromatic rings. The van der Waals surface area contributed by atoms with Crippen LogP contribution in [0.2, 0.25) is 0 Å². The van der Waals surface area contributed by atoms with Gasteiger partial charge in [0.15, 0.2) is 0 Å². The van der Waals surface area contributed by atoms with E-state index in [-0.39, 0.29) is 33.4 Å². The third-order valence-corrected chi connectivity index (χ3v) is 7.41. The summed E-state index contributed by atoms with van der Waals surface area (Å²) in [7, 11) is -3.61. The maximum absolute atomic E-state index is 13.3. The van der Waals surface area contributed by atoms with Gasteiger partial charge in [0, 0.05) is 12.2 Å². The zero-order valence-corrected chi connectivity index (χ0v) is 19.7. The van der Waals surface area contributed by atoms with Gasteiger partial charge < -0.3 is 11.1 Å². The molecule has 9 nitrogen and oxygen atoms in total. The highest BCUT2D eigenvalue weighted by atomic mass is 32.2. The maximum atomic E-state index is 13.3. The Hall–Kier alpha value is -3.90. The molecule has 0 aliphatic carbocycles. The van der Waals surface area contributed by atoms with Crippen LogP contribution in [0, 0.1) is 22.7 Å². The van der Waals surface area contributed by atoms with Crippen molar-refractivity contribution in [2.75, 3.05) is 17.6 Å². The zero-order chi connectivity index (χ0) is 24.7. The number of nitrogen functional groups attached to an aromatic ring is 1. The molecule has 34 heavy (non-hydrogen) atoms. The van der Waals surface area contributed by atoms with Crippen LogP contribution in [0.4, 0.5) is 11.5 Å². The van der Waals surface area contributed by atoms with E-state index in [1.54, 1.807) is 31.2 Å². The number of carbonyl (C=O) groups is 1. The van der Waals surface area contributed by atoms with Crippen molar-refractivity contribution in [3.63, 3.8) is 0 Å². The highest BCUT2D eigenvalue weighted by Crippen LogP contribution is 2.37. The number of aromatic nitrogens is 1. The number of nitrogens with one attached hydrogen (secondary N) is 2. The quantitative estimate of drug-likeness (QED) is 0.404. The summed E-state index contributed by atoms with van der Waals surface area (Å²) in [6.07, 6.45) is 0. The molecule has 1 amide bonds. The second kappa shape index (κ2) is 10.8. The summed E-state index contributed by atoms with van der Waals surface area (Å²) in [5.74, 6) is -0.444. The van der Waals surface area contributed by atoms with Crippen molar-refractivity contribution in [3.8, 4) is 12.1 Å². The molecule has 1 aromatic heterocycles. The fourth-order valence-corrected chi connectivity index (χ4v) is 5.09. The van der Waals surface area contributed by atoms with Crippen LogP contribution in [-0.2, 0) is 14.8 Å². The first-order valence-electron chi connectivity index (χ1n) is 10.0. The van der Waals surface area contributed by atoms with E-state index in [2.05, 4.69) is 15.0 Å². The minimum atomic E-state index is -3.61. The van der Waals surface area contributed by atoms with Crippen LogP contribution in [0.5, 0.6) is 0 Å². The number of hydrogen-bond donors (Lipinski definition) is 3. The second-order valence-corrected chi connectivity index (χ2v) is 9.78. The average Bonchev–Trinajstić information content (AvgIpc) is 2.83. The van der Waals surface area contributed by atoms with Gasteiger partial charge in [0.05, 0.1) is 16.0 Å². The van der Waals surface area contributed by atoms with E-state index in [4.69, 9.17) is 11.0 Å². The number of pyridine rings is 1. The van der Waals surface area contributed by atoms with Gasteiger partial charge in [-0.3, -0.25) is 4.79 Å². The third kappa shape index (κ3) is 5.71. The van der Waals surface area contributed by atoms with Gasteiger partial charge in [-0.05, 0) is 35.9 Å². The number of thioether (sulfide) groups is 1. The summed E-state index contributed by atoms with van der Waals surface area (Å²) in [5, 5.41) is 20.8. The van der Waals surface area contributed by atoms with Gasteiger partial charge >= 0.3 is 0 Å². The molecule has 0 saturated carbocycles. The summed E-state index contributed by atoms with van der Waals surface area (Å²) < 4.78 is 26.7. The third-order valence-electron chi connectivity index (χ3n) is 4.59. The van der Waals surface area contributed by atoms with Gasteiger partial charge in [0.2, 0.25) is 15.9 Å². The fraction of sp³-hybridized carbons (Fsp3) is 0.130. The number of amides is 1. The molecule has 4 N–H and O–H groups in total. The van der Waals surface area contributed by atoms with Gasteiger partial charge in [0.25, 0.3) is 0 Å². The van der Waals surface area contributed by atoms with E-state index in [0.29, 0.717) is 11.3 Å². The van der Waals surface area contributed by atoms with E-state index in [1.165, 1.54) is 30.3 Å². The Bertz CT molecular complexity index is 1380. The molecule has 0 spiro atoms. The summed E-state index contributed by atoms with van der Waals surface area (Å²) in [6.45, 7) is 1.94. The number of benzene rings is 2. The molecular formula is C23H20N6O3S2. The van der Waals surface area contributed by atoms with Crippen molar-refractivity contribution >= 4 is 39.2 Å². The Kier molecular flexibility index (Phi) is 7.87. The first-order valence-corrected chi connectivity index (χ1v) is 12.4. The van der Waals surface area contributed by atoms with E-state index < -0.39 is 21.2 Å². The van der Waals surface area contributed by atoms with Crippen LogP contribution in [0.3, 0.4) is 0 Å². The monoisotopic (exact) mass is 492 g/mol. The molecule has 0 bridgehead atoms. The number of anilines is 2. The number of nitrogens with two attached hydrogens (primary N) is 1. The summed E-state index contributed by atoms with van der Waals surface area (Å²) in [5.41, 5.74) is 7.09. The lowest BCUT2D eigenvalue weighted by molar-refractivity contribution is -0.115. The minimum Gasteiger partial charge on any atom is -0.383 e. The highest BCUT2D eigenvalue weighted by molar-refractivity contribution is 8.00. The van der Waals surface area contributed by atoms with Crippen molar-refractivity contribution in [2.24, 2.45) is 0 Å². The SMILES string of the molecule is CCNS(=O)(=O)c1ccc(NC(=O)[C@@H](Sc2nc(N)c(C#N)cc2C#N)c2ccccc2)cc1. The predicted octanol–water partition coefficient (Wildman–Crippen LogP) is 3.18. The molecule has 0 fully saturated rings. The Balaban J connectivity index is 1.91. The lowest BCUT2D eigenvalue weighted by Crippen LogP contribution is -2.23. The fourth-order valence-electron chi connectivity index (χ4n) is 2.98. The van der Waals surface area contributed by atoms with Crippen molar-refractivity contribution in [1.29, 1.82) is 10.5 Å². The van der Waals surface area contributed by atoms with E-state index in [0.717, 1.165) is 11.8 Å². The summed E-state index contributed by atoms with van der Waals surface area (Å²) >= 11 is 1.03. The van der Waals surface area contributed by atoms with E-state index in [1.807, 2.05) is 18.2 Å². The molecule has 2 aromatic carbocycles. The molecule has 0 unspecified atom stereocenters. The molecule has 11 heteroatoms. The van der Waals surface area contributed by atoms with Crippen molar-refractivity contribution in [3.05, 3.63) is 77.4 Å². The van der Waals surface area contributed by atoms with Crippen molar-refractivity contribution in [1.82, 2.24) is 9.71 Å². The summed E-state index contributed by atoms with van der Waals surface area (Å²) in [4.78, 5) is 17.5. The minimum absolute atomic E-state index is 0.0336. The van der Waals surface area contributed by atoms with Crippen molar-refractivity contribution < 1.29 is 13.2 Å². The summed E-state index contributed by atoms with van der Waals surface area (Å²) in [6, 6.07) is 19.9. The molecule has 3 rings (SSSR count). The molecular weight excluding hydrogens is 472 g/mol. The van der Waals surface area contributed by atoms with Gasteiger partial charge in [-0.25, -0.2) is 18.1 Å². The Labute approximate surface area is 201 Å². The number of nitriles is 2. The van der Waals surface area contributed by atoms with Crippen LogP contribution in [0.25, 0.3) is 0 Å². The first kappa shape index (κ1) is 24.7. The first-order chi connectivity index (χ1) is 16.3. The van der Waals surface area contributed by atoms with Gasteiger partial charge in [-0.2, -0.15) is 10.5 Å². The van der Waals surface area contributed by atoms with Crippen molar-refractivity contribution in [2.45, 2.75) is 22.1 Å². The van der Waals surface area contributed by atoms with Crippen LogP contribution in [0.15, 0.2) is 70.6 Å². The topological polar surface area (TPSA) is 162 Å². The Morgan fingerprint density at radius 1 is 1.09 bits per heavy atom.